The highest BCUT2D eigenvalue weighted by atomic mass is 16.3. The van der Waals surface area contributed by atoms with Crippen molar-refractivity contribution in [2.24, 2.45) is 0 Å². The van der Waals surface area contributed by atoms with E-state index in [1.165, 1.54) is 30.6 Å². The Balaban J connectivity index is 1.81. The summed E-state index contributed by atoms with van der Waals surface area (Å²) in [6, 6.07) is 2.29. The number of aliphatic hydroxyl groups excluding tert-OH is 1. The number of carbonyl (C=O) groups excluding carboxylic acids is 1. The van der Waals surface area contributed by atoms with Crippen molar-refractivity contribution in [2.45, 2.75) is 38.3 Å². The zero-order valence-electron chi connectivity index (χ0n) is 11.4. The van der Waals surface area contributed by atoms with Crippen molar-refractivity contribution in [3.8, 4) is 0 Å². The summed E-state index contributed by atoms with van der Waals surface area (Å²) in [5, 5.41) is 16.0. The lowest BCUT2D eigenvalue weighted by atomic mass is 10.3. The molecule has 2 N–H and O–H groups in total. The van der Waals surface area contributed by atoms with Gasteiger partial charge in [0, 0.05) is 19.8 Å². The van der Waals surface area contributed by atoms with Crippen molar-refractivity contribution in [2.75, 3.05) is 20.2 Å². The fourth-order valence-electron chi connectivity index (χ4n) is 2.40. The van der Waals surface area contributed by atoms with E-state index >= 15 is 0 Å². The highest BCUT2D eigenvalue weighted by Gasteiger charge is 2.17. The molecule has 0 saturated heterocycles. The average molecular weight is 266 g/mol. The zero-order chi connectivity index (χ0) is 13.7. The predicted octanol–water partition coefficient (Wildman–Crippen LogP) is 1.13. The average Bonchev–Trinajstić information content (AvgIpc) is 3.06. The molecule has 6 nitrogen and oxygen atoms in total. The number of aromatic nitrogens is 2. The molecule has 0 bridgehead atoms. The number of amides is 2. The molecule has 2 amide bonds. The molecule has 0 aliphatic heterocycles. The fraction of sp³-hybridized carbons (Fsp3) is 0.692. The summed E-state index contributed by atoms with van der Waals surface area (Å²) in [6.45, 7) is 0.733. The first-order chi connectivity index (χ1) is 9.20. The summed E-state index contributed by atoms with van der Waals surface area (Å²) in [7, 11) is 1.66. The maximum absolute atomic E-state index is 11.6. The molecule has 1 aliphatic carbocycles. The van der Waals surface area contributed by atoms with Crippen LogP contribution in [0.4, 0.5) is 4.79 Å². The van der Waals surface area contributed by atoms with Crippen LogP contribution in [-0.4, -0.2) is 46.0 Å². The lowest BCUT2D eigenvalue weighted by Crippen LogP contribution is -2.38. The van der Waals surface area contributed by atoms with E-state index in [2.05, 4.69) is 10.4 Å². The van der Waals surface area contributed by atoms with Gasteiger partial charge in [-0.05, 0) is 18.9 Å². The minimum atomic E-state index is -0.190. The van der Waals surface area contributed by atoms with Crippen LogP contribution in [0.5, 0.6) is 0 Å². The largest absolute Gasteiger partial charge is 0.395 e. The number of likely N-dealkylation sites (N-methyl/N-ethyl adjacent to an activating group) is 1. The number of aliphatic hydroxyl groups is 1. The van der Waals surface area contributed by atoms with Crippen LogP contribution in [0.2, 0.25) is 0 Å². The van der Waals surface area contributed by atoms with Gasteiger partial charge >= 0.3 is 6.03 Å². The predicted molar refractivity (Wildman–Crippen MR) is 71.7 cm³/mol. The molecule has 106 valence electrons. The highest BCUT2D eigenvalue weighted by Crippen LogP contribution is 2.28. The minimum absolute atomic E-state index is 0.0276. The summed E-state index contributed by atoms with van der Waals surface area (Å²) in [4.78, 5) is 13.1. The summed E-state index contributed by atoms with van der Waals surface area (Å²) in [5.41, 5.74) is 0.873. The summed E-state index contributed by atoms with van der Waals surface area (Å²) in [5.74, 6) is 0. The van der Waals surface area contributed by atoms with Crippen molar-refractivity contribution in [3.05, 3.63) is 18.0 Å². The molecule has 0 aromatic carbocycles. The van der Waals surface area contributed by atoms with E-state index in [4.69, 9.17) is 5.11 Å². The van der Waals surface area contributed by atoms with E-state index in [9.17, 15) is 4.79 Å². The molecule has 0 radical (unpaired) electrons. The Morgan fingerprint density at radius 1 is 1.58 bits per heavy atom. The fourth-order valence-corrected chi connectivity index (χ4v) is 2.40. The Bertz CT molecular complexity index is 413. The van der Waals surface area contributed by atoms with E-state index in [0.29, 0.717) is 19.1 Å². The molecule has 0 spiro atoms. The standard InChI is InChI=1S/C13H22N4O2/c1-16(8-9-18)13(19)14-10-11-6-7-17(15-11)12-4-2-3-5-12/h6-7,12,18H,2-5,8-10H2,1H3,(H,14,19). The first-order valence-electron chi connectivity index (χ1n) is 6.84. The summed E-state index contributed by atoms with van der Waals surface area (Å²) in [6.07, 6.45) is 6.96. The maximum atomic E-state index is 11.6. The molecule has 1 aromatic rings. The summed E-state index contributed by atoms with van der Waals surface area (Å²) < 4.78 is 2.02. The van der Waals surface area contributed by atoms with E-state index in [1.807, 2.05) is 16.9 Å². The smallest absolute Gasteiger partial charge is 0.317 e. The topological polar surface area (TPSA) is 70.4 Å². The molecule has 2 rings (SSSR count). The first-order valence-corrected chi connectivity index (χ1v) is 6.84. The highest BCUT2D eigenvalue weighted by molar-refractivity contribution is 5.73. The Kier molecular flexibility index (Phi) is 4.79. The number of rotatable bonds is 5. The zero-order valence-corrected chi connectivity index (χ0v) is 11.4. The Morgan fingerprint density at radius 3 is 3.00 bits per heavy atom. The Labute approximate surface area is 113 Å². The van der Waals surface area contributed by atoms with E-state index in [-0.39, 0.29) is 12.6 Å². The van der Waals surface area contributed by atoms with Crippen molar-refractivity contribution in [1.29, 1.82) is 0 Å². The van der Waals surface area contributed by atoms with Crippen molar-refractivity contribution >= 4 is 6.03 Å². The second-order valence-corrected chi connectivity index (χ2v) is 5.03. The number of hydrogen-bond donors (Lipinski definition) is 2. The summed E-state index contributed by atoms with van der Waals surface area (Å²) >= 11 is 0. The van der Waals surface area contributed by atoms with Crippen LogP contribution in [0.25, 0.3) is 0 Å². The normalized spacial score (nSPS) is 15.7. The van der Waals surface area contributed by atoms with Crippen molar-refractivity contribution in [3.63, 3.8) is 0 Å². The van der Waals surface area contributed by atoms with Crippen LogP contribution in [0, 0.1) is 0 Å². The van der Waals surface area contributed by atoms with E-state index in [1.54, 1.807) is 7.05 Å². The van der Waals surface area contributed by atoms with Crippen molar-refractivity contribution in [1.82, 2.24) is 20.0 Å². The molecule has 19 heavy (non-hydrogen) atoms. The van der Waals surface area contributed by atoms with Gasteiger partial charge < -0.3 is 15.3 Å². The Morgan fingerprint density at radius 2 is 2.32 bits per heavy atom. The van der Waals surface area contributed by atoms with Gasteiger partial charge in [0.2, 0.25) is 0 Å². The third-order valence-electron chi connectivity index (χ3n) is 3.57. The van der Waals surface area contributed by atoms with Crippen LogP contribution in [-0.2, 0) is 6.54 Å². The SMILES string of the molecule is CN(CCO)C(=O)NCc1ccn(C2CCCC2)n1. The van der Waals surface area contributed by atoms with Gasteiger partial charge in [-0.15, -0.1) is 0 Å². The molecule has 1 heterocycles. The number of nitrogens with one attached hydrogen (secondary N) is 1. The number of carbonyl (C=O) groups is 1. The first kappa shape index (κ1) is 13.9. The molecular weight excluding hydrogens is 244 g/mol. The van der Waals surface area contributed by atoms with Gasteiger partial charge in [0.15, 0.2) is 0 Å². The van der Waals surface area contributed by atoms with E-state index in [0.717, 1.165) is 5.69 Å². The van der Waals surface area contributed by atoms with Crippen molar-refractivity contribution < 1.29 is 9.90 Å². The van der Waals surface area contributed by atoms with Gasteiger partial charge in [-0.1, -0.05) is 12.8 Å². The molecule has 6 heteroatoms. The monoisotopic (exact) mass is 266 g/mol. The molecule has 1 aliphatic rings. The van der Waals surface area contributed by atoms with Crippen LogP contribution in [0.15, 0.2) is 12.3 Å². The quantitative estimate of drug-likeness (QED) is 0.839. The van der Waals surface area contributed by atoms with Crippen LogP contribution < -0.4 is 5.32 Å². The second kappa shape index (κ2) is 6.56. The van der Waals surface area contributed by atoms with Gasteiger partial charge in [-0.3, -0.25) is 4.68 Å². The van der Waals surface area contributed by atoms with Gasteiger partial charge in [0.05, 0.1) is 24.9 Å². The number of hydrogen-bond acceptors (Lipinski definition) is 3. The van der Waals surface area contributed by atoms with Gasteiger partial charge in [-0.25, -0.2) is 4.79 Å². The molecule has 0 atom stereocenters. The lowest BCUT2D eigenvalue weighted by molar-refractivity contribution is 0.190. The number of urea groups is 1. The molecular formula is C13H22N4O2. The molecule has 1 aromatic heterocycles. The van der Waals surface area contributed by atoms with Gasteiger partial charge in [-0.2, -0.15) is 5.10 Å². The lowest BCUT2D eigenvalue weighted by Gasteiger charge is -2.15. The third-order valence-corrected chi connectivity index (χ3v) is 3.57. The Hall–Kier alpha value is -1.56. The maximum Gasteiger partial charge on any atom is 0.317 e. The molecule has 1 saturated carbocycles. The second-order valence-electron chi connectivity index (χ2n) is 5.03. The van der Waals surface area contributed by atoms with E-state index < -0.39 is 0 Å². The third kappa shape index (κ3) is 3.70. The van der Waals surface area contributed by atoms with Gasteiger partial charge in [0.1, 0.15) is 0 Å². The number of nitrogens with zero attached hydrogens (tertiary/aromatic N) is 3. The molecule has 0 unspecified atom stereocenters. The van der Waals surface area contributed by atoms with Crippen LogP contribution >= 0.6 is 0 Å². The minimum Gasteiger partial charge on any atom is -0.395 e. The van der Waals surface area contributed by atoms with Crippen LogP contribution in [0.3, 0.4) is 0 Å². The van der Waals surface area contributed by atoms with Gasteiger partial charge in [0.25, 0.3) is 0 Å². The van der Waals surface area contributed by atoms with Crippen LogP contribution in [0.1, 0.15) is 37.4 Å². The molecule has 1 fully saturated rings.